The Balaban J connectivity index is 1.98. The van der Waals surface area contributed by atoms with Gasteiger partial charge in [0.1, 0.15) is 11.4 Å². The molecule has 1 N–H and O–H groups in total. The summed E-state index contributed by atoms with van der Waals surface area (Å²) in [6, 6.07) is 0. The minimum Gasteiger partial charge on any atom is -0.378 e. The van der Waals surface area contributed by atoms with Crippen molar-refractivity contribution in [3.05, 3.63) is 23.3 Å². The summed E-state index contributed by atoms with van der Waals surface area (Å²) in [5, 5.41) is 10.8. The lowest BCUT2D eigenvalue weighted by atomic mass is 9.51. The van der Waals surface area contributed by atoms with Crippen LogP contribution in [0, 0.1) is 23.2 Å². The van der Waals surface area contributed by atoms with Crippen LogP contribution in [0.4, 0.5) is 0 Å². The molecule has 2 heteroatoms. The Morgan fingerprint density at radius 2 is 2.13 bits per heavy atom. The van der Waals surface area contributed by atoms with Crippen LogP contribution >= 0.6 is 0 Å². The van der Waals surface area contributed by atoms with E-state index in [2.05, 4.69) is 30.9 Å². The van der Waals surface area contributed by atoms with Gasteiger partial charge < -0.3 is 5.11 Å². The van der Waals surface area contributed by atoms with Gasteiger partial charge in [0, 0.05) is 12.8 Å². The molecule has 3 aliphatic rings. The van der Waals surface area contributed by atoms with Gasteiger partial charge >= 0.3 is 0 Å². The highest BCUT2D eigenvalue weighted by Gasteiger charge is 2.51. The first-order chi connectivity index (χ1) is 11.0. The van der Waals surface area contributed by atoms with Crippen LogP contribution in [0.5, 0.6) is 0 Å². The fourth-order valence-corrected chi connectivity index (χ4v) is 5.24. The van der Waals surface area contributed by atoms with Crippen LogP contribution in [0.2, 0.25) is 0 Å². The van der Waals surface area contributed by atoms with Crippen molar-refractivity contribution in [2.75, 3.05) is 0 Å². The van der Waals surface area contributed by atoms with Crippen molar-refractivity contribution in [3.63, 3.8) is 0 Å². The minimum absolute atomic E-state index is 0.169. The van der Waals surface area contributed by atoms with E-state index in [1.807, 2.05) is 6.92 Å². The zero-order valence-electron chi connectivity index (χ0n) is 14.5. The summed E-state index contributed by atoms with van der Waals surface area (Å²) in [5.74, 6) is 6.88. The van der Waals surface area contributed by atoms with Crippen molar-refractivity contribution < 1.29 is 9.90 Å². The summed E-state index contributed by atoms with van der Waals surface area (Å²) < 4.78 is 0. The number of allylic oxidation sites excluding steroid dienone is 4. The highest BCUT2D eigenvalue weighted by atomic mass is 16.3. The van der Waals surface area contributed by atoms with Crippen molar-refractivity contribution in [2.24, 2.45) is 11.3 Å². The first-order valence-corrected chi connectivity index (χ1v) is 9.03. The first kappa shape index (κ1) is 16.5. The van der Waals surface area contributed by atoms with Gasteiger partial charge in [-0.1, -0.05) is 29.2 Å². The molecule has 0 unspecified atom stereocenters. The molecule has 0 bridgehead atoms. The molecule has 0 aromatic rings. The van der Waals surface area contributed by atoms with E-state index in [1.54, 1.807) is 5.57 Å². The number of aliphatic hydroxyl groups is 1. The number of carbonyl (C=O) groups is 1. The molecule has 3 aliphatic carbocycles. The maximum Gasteiger partial charge on any atom is 0.137 e. The van der Waals surface area contributed by atoms with E-state index in [1.165, 1.54) is 5.57 Å². The van der Waals surface area contributed by atoms with Crippen molar-refractivity contribution in [3.8, 4) is 11.8 Å². The van der Waals surface area contributed by atoms with E-state index >= 15 is 0 Å². The Morgan fingerprint density at radius 3 is 2.87 bits per heavy atom. The van der Waals surface area contributed by atoms with Gasteiger partial charge in [-0.3, -0.25) is 4.79 Å². The first-order valence-electron chi connectivity index (χ1n) is 9.03. The van der Waals surface area contributed by atoms with Crippen LogP contribution in [0.15, 0.2) is 23.3 Å². The molecule has 0 spiro atoms. The van der Waals surface area contributed by atoms with Crippen molar-refractivity contribution in [1.29, 1.82) is 0 Å². The third-order valence-corrected chi connectivity index (χ3v) is 6.31. The second kappa shape index (κ2) is 6.29. The molecule has 0 radical (unpaired) electrons. The molecule has 3 atom stereocenters. The maximum absolute atomic E-state index is 11.9. The summed E-state index contributed by atoms with van der Waals surface area (Å²) in [6.07, 6.45) is 12.5. The summed E-state index contributed by atoms with van der Waals surface area (Å²) in [6.45, 7) is 3.89. The van der Waals surface area contributed by atoms with E-state index in [0.29, 0.717) is 24.5 Å². The Hall–Kier alpha value is -1.33. The molecule has 0 amide bonds. The van der Waals surface area contributed by atoms with Crippen molar-refractivity contribution >= 4 is 5.78 Å². The second-order valence-electron chi connectivity index (χ2n) is 7.57. The lowest BCUT2D eigenvalue weighted by Crippen LogP contribution is -2.48. The SMILES string of the molecule is CC#C[C@@]1(O)CC[C@@]2(CC=CC)C3=C(CC[C@@H]2C1)CC(=O)CC3. The van der Waals surface area contributed by atoms with Crippen LogP contribution in [0.25, 0.3) is 0 Å². The van der Waals surface area contributed by atoms with Gasteiger partial charge in [0.2, 0.25) is 0 Å². The van der Waals surface area contributed by atoms with Gasteiger partial charge in [0.05, 0.1) is 0 Å². The number of rotatable bonds is 2. The molecule has 0 aromatic heterocycles. The van der Waals surface area contributed by atoms with Crippen molar-refractivity contribution in [2.45, 2.75) is 77.2 Å². The number of carbonyl (C=O) groups excluding carboxylic acids is 1. The van der Waals surface area contributed by atoms with Crippen LogP contribution < -0.4 is 0 Å². The molecular weight excluding hydrogens is 284 g/mol. The number of hydrogen-bond acceptors (Lipinski definition) is 2. The zero-order valence-corrected chi connectivity index (χ0v) is 14.5. The molecule has 3 rings (SSSR count). The predicted octanol–water partition coefficient (Wildman–Crippen LogP) is 4.34. The molecule has 0 aliphatic heterocycles. The average molecular weight is 312 g/mol. The molecule has 1 fully saturated rings. The van der Waals surface area contributed by atoms with Crippen LogP contribution in [-0.4, -0.2) is 16.5 Å². The van der Waals surface area contributed by atoms with Gasteiger partial charge in [-0.25, -0.2) is 0 Å². The normalized spacial score (nSPS) is 37.2. The van der Waals surface area contributed by atoms with Gasteiger partial charge in [0.25, 0.3) is 0 Å². The fourth-order valence-electron chi connectivity index (χ4n) is 5.24. The number of ketones is 1. The standard InChI is InChI=1S/C21H28O2/c1-3-5-11-21-13-12-20(23,10-4-2)15-17(21)7-6-16-14-18(22)8-9-19(16)21/h3,5,17,23H,6-9,11-15H2,1-2H3/t17-,20-,21-/m1/s1. The topological polar surface area (TPSA) is 37.3 Å². The Labute approximate surface area is 140 Å². The van der Waals surface area contributed by atoms with Crippen LogP contribution in [0.1, 0.15) is 71.6 Å². The van der Waals surface area contributed by atoms with Crippen LogP contribution in [-0.2, 0) is 4.79 Å². The van der Waals surface area contributed by atoms with Gasteiger partial charge in [-0.05, 0) is 70.1 Å². The van der Waals surface area contributed by atoms with E-state index in [0.717, 1.165) is 44.9 Å². The van der Waals surface area contributed by atoms with E-state index in [-0.39, 0.29) is 5.41 Å². The summed E-state index contributed by atoms with van der Waals surface area (Å²) in [4.78, 5) is 11.9. The van der Waals surface area contributed by atoms with E-state index in [9.17, 15) is 9.90 Å². The van der Waals surface area contributed by atoms with E-state index in [4.69, 9.17) is 0 Å². The van der Waals surface area contributed by atoms with Gasteiger partial charge in [0.15, 0.2) is 0 Å². The third-order valence-electron chi connectivity index (χ3n) is 6.31. The average Bonchev–Trinajstić information content (AvgIpc) is 2.53. The maximum atomic E-state index is 11.9. The molecule has 0 aromatic carbocycles. The van der Waals surface area contributed by atoms with Crippen molar-refractivity contribution in [1.82, 2.24) is 0 Å². The Bertz CT molecular complexity index is 615. The summed E-state index contributed by atoms with van der Waals surface area (Å²) in [7, 11) is 0. The molecule has 0 saturated heterocycles. The molecule has 1 saturated carbocycles. The largest absolute Gasteiger partial charge is 0.378 e. The lowest BCUT2D eigenvalue weighted by molar-refractivity contribution is -0.119. The molecule has 23 heavy (non-hydrogen) atoms. The zero-order chi connectivity index (χ0) is 16.5. The predicted molar refractivity (Wildman–Crippen MR) is 92.7 cm³/mol. The highest BCUT2D eigenvalue weighted by molar-refractivity contribution is 5.83. The second-order valence-corrected chi connectivity index (χ2v) is 7.57. The van der Waals surface area contributed by atoms with E-state index < -0.39 is 5.60 Å². The molecule has 0 heterocycles. The number of Topliss-reactive ketones (excluding diaryl/α,β-unsaturated/α-hetero) is 1. The smallest absolute Gasteiger partial charge is 0.137 e. The summed E-state index contributed by atoms with van der Waals surface area (Å²) in [5.41, 5.74) is 2.36. The lowest BCUT2D eigenvalue weighted by Gasteiger charge is -2.54. The molecule has 2 nitrogen and oxygen atoms in total. The third kappa shape index (κ3) is 2.92. The Kier molecular flexibility index (Phi) is 4.52. The Morgan fingerprint density at radius 1 is 1.30 bits per heavy atom. The molecular formula is C21H28O2. The quantitative estimate of drug-likeness (QED) is 0.608. The highest BCUT2D eigenvalue weighted by Crippen LogP contribution is 2.59. The summed E-state index contributed by atoms with van der Waals surface area (Å²) >= 11 is 0. The molecule has 124 valence electrons. The monoisotopic (exact) mass is 312 g/mol. The number of fused-ring (bicyclic) bond motifs is 2. The fraction of sp³-hybridized carbons (Fsp3) is 0.667. The van der Waals surface area contributed by atoms with Crippen LogP contribution in [0.3, 0.4) is 0 Å². The number of hydrogen-bond donors (Lipinski definition) is 1. The van der Waals surface area contributed by atoms with Gasteiger partial charge in [-0.15, -0.1) is 5.92 Å². The minimum atomic E-state index is -0.804. The van der Waals surface area contributed by atoms with Gasteiger partial charge in [-0.2, -0.15) is 0 Å².